The molecular formula is C20H19N5OS. The van der Waals surface area contributed by atoms with Gasteiger partial charge in [0.15, 0.2) is 5.13 Å². The fourth-order valence-corrected chi connectivity index (χ4v) is 5.27. The number of fused-ring (bicyclic) bond motifs is 2. The lowest BCUT2D eigenvalue weighted by molar-refractivity contribution is 0.419. The summed E-state index contributed by atoms with van der Waals surface area (Å²) in [6.07, 6.45) is 1.77. The van der Waals surface area contributed by atoms with E-state index in [0.717, 1.165) is 53.1 Å². The Morgan fingerprint density at radius 2 is 1.89 bits per heavy atom. The molecule has 2 atom stereocenters. The number of aromatic nitrogens is 2. The van der Waals surface area contributed by atoms with Crippen LogP contribution in [0.25, 0.3) is 10.2 Å². The molecule has 0 bridgehead atoms. The molecule has 2 unspecified atom stereocenters. The molecule has 2 aromatic heterocycles. The Kier molecular flexibility index (Phi) is 3.87. The monoisotopic (exact) mass is 377 g/mol. The molecule has 2 fully saturated rings. The molecule has 7 heteroatoms. The van der Waals surface area contributed by atoms with Crippen LogP contribution in [0.4, 0.5) is 10.9 Å². The number of benzene rings is 1. The molecule has 5 rings (SSSR count). The zero-order valence-electron chi connectivity index (χ0n) is 15.0. The van der Waals surface area contributed by atoms with Crippen LogP contribution in [0.3, 0.4) is 0 Å². The van der Waals surface area contributed by atoms with Crippen molar-refractivity contribution in [1.29, 1.82) is 5.26 Å². The summed E-state index contributed by atoms with van der Waals surface area (Å²) in [7, 11) is 1.69. The highest BCUT2D eigenvalue weighted by molar-refractivity contribution is 7.22. The summed E-state index contributed by atoms with van der Waals surface area (Å²) in [6, 6.07) is 12.0. The summed E-state index contributed by atoms with van der Waals surface area (Å²) >= 11 is 1.73. The maximum atomic E-state index is 9.34. The minimum atomic E-state index is 0.576. The van der Waals surface area contributed by atoms with Gasteiger partial charge in [-0.25, -0.2) is 9.97 Å². The van der Waals surface area contributed by atoms with Crippen LogP contribution in [0, 0.1) is 23.2 Å². The van der Waals surface area contributed by atoms with Gasteiger partial charge in [0.2, 0.25) is 0 Å². The van der Waals surface area contributed by atoms with E-state index in [1.54, 1.807) is 24.6 Å². The van der Waals surface area contributed by atoms with Crippen LogP contribution >= 0.6 is 11.3 Å². The number of nitriles is 1. The predicted molar refractivity (Wildman–Crippen MR) is 107 cm³/mol. The third-order valence-corrected chi connectivity index (χ3v) is 6.64. The van der Waals surface area contributed by atoms with Gasteiger partial charge in [0.1, 0.15) is 23.2 Å². The molecule has 0 radical (unpaired) electrons. The number of hydrogen-bond donors (Lipinski definition) is 0. The summed E-state index contributed by atoms with van der Waals surface area (Å²) in [6.45, 7) is 3.89. The van der Waals surface area contributed by atoms with E-state index in [9.17, 15) is 5.26 Å². The molecule has 0 spiro atoms. The van der Waals surface area contributed by atoms with Crippen molar-refractivity contribution in [1.82, 2.24) is 9.97 Å². The summed E-state index contributed by atoms with van der Waals surface area (Å²) in [4.78, 5) is 14.0. The Labute approximate surface area is 161 Å². The highest BCUT2D eigenvalue weighted by Crippen LogP contribution is 2.40. The number of para-hydroxylation sites is 1. The lowest BCUT2D eigenvalue weighted by atomic mass is 10.0. The number of nitrogens with zero attached hydrogens (tertiary/aromatic N) is 5. The maximum absolute atomic E-state index is 9.34. The number of hydrogen-bond acceptors (Lipinski definition) is 7. The number of anilines is 2. The fraction of sp³-hybridized carbons (Fsp3) is 0.350. The zero-order valence-corrected chi connectivity index (χ0v) is 15.8. The van der Waals surface area contributed by atoms with Crippen LogP contribution in [0.1, 0.15) is 5.56 Å². The molecule has 2 saturated heterocycles. The smallest absolute Gasteiger partial charge is 0.186 e. The van der Waals surface area contributed by atoms with Crippen LogP contribution in [0.15, 0.2) is 36.5 Å². The van der Waals surface area contributed by atoms with Gasteiger partial charge in [-0.15, -0.1) is 0 Å². The standard InChI is InChI=1S/C20H19N5OS/c1-26-16-5-2-6-17-18(16)23-20(27-17)25-11-14-9-24(10-15(14)12-25)19-13(8-21)4-3-7-22-19/h2-7,14-15H,9-12H2,1H3. The molecule has 0 amide bonds. The molecule has 0 aliphatic carbocycles. The van der Waals surface area contributed by atoms with E-state index in [-0.39, 0.29) is 0 Å². The van der Waals surface area contributed by atoms with Crippen LogP contribution in [-0.2, 0) is 0 Å². The molecular weight excluding hydrogens is 358 g/mol. The van der Waals surface area contributed by atoms with Gasteiger partial charge in [-0.3, -0.25) is 0 Å². The summed E-state index contributed by atoms with van der Waals surface area (Å²) in [5.74, 6) is 2.81. The van der Waals surface area contributed by atoms with Crippen molar-refractivity contribution in [3.05, 3.63) is 42.1 Å². The van der Waals surface area contributed by atoms with Gasteiger partial charge in [-0.2, -0.15) is 5.26 Å². The van der Waals surface area contributed by atoms with Crippen molar-refractivity contribution in [3.8, 4) is 11.8 Å². The molecule has 6 nitrogen and oxygen atoms in total. The molecule has 4 heterocycles. The number of methoxy groups -OCH3 is 1. The van der Waals surface area contributed by atoms with Crippen LogP contribution < -0.4 is 14.5 Å². The van der Waals surface area contributed by atoms with Gasteiger partial charge in [-0.05, 0) is 24.3 Å². The Hall–Kier alpha value is -2.85. The average Bonchev–Trinajstić information content (AvgIpc) is 3.39. The second kappa shape index (κ2) is 6.39. The lowest BCUT2D eigenvalue weighted by Crippen LogP contribution is -2.29. The van der Waals surface area contributed by atoms with E-state index in [2.05, 4.69) is 26.9 Å². The van der Waals surface area contributed by atoms with Crippen LogP contribution in [0.5, 0.6) is 5.75 Å². The topological polar surface area (TPSA) is 65.3 Å². The van der Waals surface area contributed by atoms with Crippen molar-refractivity contribution in [2.24, 2.45) is 11.8 Å². The molecule has 0 N–H and O–H groups in total. The van der Waals surface area contributed by atoms with Crippen molar-refractivity contribution in [2.45, 2.75) is 0 Å². The van der Waals surface area contributed by atoms with E-state index in [1.165, 1.54) is 0 Å². The molecule has 2 aliphatic rings. The van der Waals surface area contributed by atoms with Gasteiger partial charge in [0.05, 0.1) is 17.4 Å². The summed E-state index contributed by atoms with van der Waals surface area (Å²) < 4.78 is 6.61. The maximum Gasteiger partial charge on any atom is 0.186 e. The van der Waals surface area contributed by atoms with E-state index < -0.39 is 0 Å². The number of rotatable bonds is 3. The van der Waals surface area contributed by atoms with Crippen molar-refractivity contribution >= 4 is 32.5 Å². The second-order valence-corrected chi connectivity index (χ2v) is 8.13. The Morgan fingerprint density at radius 1 is 1.11 bits per heavy atom. The molecule has 3 aromatic rings. The van der Waals surface area contributed by atoms with Crippen LogP contribution in [-0.4, -0.2) is 43.3 Å². The van der Waals surface area contributed by atoms with Crippen molar-refractivity contribution in [3.63, 3.8) is 0 Å². The third kappa shape index (κ3) is 2.68. The van der Waals surface area contributed by atoms with E-state index in [0.29, 0.717) is 17.4 Å². The Bertz CT molecular complexity index is 1030. The molecule has 136 valence electrons. The third-order valence-electron chi connectivity index (χ3n) is 5.55. The lowest BCUT2D eigenvalue weighted by Gasteiger charge is -2.22. The largest absolute Gasteiger partial charge is 0.494 e. The van der Waals surface area contributed by atoms with E-state index in [4.69, 9.17) is 9.72 Å². The van der Waals surface area contributed by atoms with Crippen LogP contribution in [0.2, 0.25) is 0 Å². The predicted octanol–water partition coefficient (Wildman–Crippen LogP) is 3.14. The zero-order chi connectivity index (χ0) is 18.4. The molecule has 27 heavy (non-hydrogen) atoms. The first-order valence-electron chi connectivity index (χ1n) is 9.05. The highest BCUT2D eigenvalue weighted by atomic mass is 32.1. The van der Waals surface area contributed by atoms with Gasteiger partial charge >= 0.3 is 0 Å². The van der Waals surface area contributed by atoms with Gasteiger partial charge in [-0.1, -0.05) is 17.4 Å². The second-order valence-electron chi connectivity index (χ2n) is 7.12. The van der Waals surface area contributed by atoms with Crippen molar-refractivity contribution < 1.29 is 4.74 Å². The minimum Gasteiger partial charge on any atom is -0.494 e. The molecule has 1 aromatic carbocycles. The fourth-order valence-electron chi connectivity index (χ4n) is 4.27. The number of pyridine rings is 1. The van der Waals surface area contributed by atoms with Gasteiger partial charge in [0.25, 0.3) is 0 Å². The Morgan fingerprint density at radius 3 is 2.63 bits per heavy atom. The quantitative estimate of drug-likeness (QED) is 0.699. The first kappa shape index (κ1) is 16.3. The number of thiazole rings is 1. The van der Waals surface area contributed by atoms with E-state index >= 15 is 0 Å². The molecule has 0 saturated carbocycles. The van der Waals surface area contributed by atoms with Crippen molar-refractivity contribution in [2.75, 3.05) is 43.1 Å². The molecule has 2 aliphatic heterocycles. The minimum absolute atomic E-state index is 0.576. The Balaban J connectivity index is 1.35. The van der Waals surface area contributed by atoms with Gasteiger partial charge in [0, 0.05) is 44.2 Å². The summed E-state index contributed by atoms with van der Waals surface area (Å²) in [5, 5.41) is 10.4. The summed E-state index contributed by atoms with van der Waals surface area (Å²) in [5.41, 5.74) is 1.61. The SMILES string of the molecule is COc1cccc2sc(N3CC4CN(c5ncccc5C#N)CC4C3)nc12. The highest BCUT2D eigenvalue weighted by Gasteiger charge is 2.41. The first-order valence-corrected chi connectivity index (χ1v) is 9.87. The number of ether oxygens (including phenoxy) is 1. The van der Waals surface area contributed by atoms with E-state index in [1.807, 2.05) is 24.3 Å². The first-order chi connectivity index (χ1) is 13.3. The normalized spacial score (nSPS) is 21.5. The van der Waals surface area contributed by atoms with Gasteiger partial charge < -0.3 is 14.5 Å². The average molecular weight is 377 g/mol.